The van der Waals surface area contributed by atoms with Gasteiger partial charge in [0.2, 0.25) is 0 Å². The first-order valence-electron chi connectivity index (χ1n) is 9.97. The molecule has 2 aliphatic heterocycles. The van der Waals surface area contributed by atoms with E-state index < -0.39 is 0 Å². The molecule has 4 rings (SSSR count). The molecule has 0 N–H and O–H groups in total. The molecule has 0 aromatic heterocycles. The maximum atomic E-state index is 13.0. The maximum absolute atomic E-state index is 13.0. The van der Waals surface area contributed by atoms with Crippen molar-refractivity contribution < 1.29 is 14.3 Å². The number of carbonyl (C=O) groups is 2. The van der Waals surface area contributed by atoms with Crippen LogP contribution in [0, 0.1) is 11.8 Å². The number of carbonyl (C=O) groups excluding carboxylic acids is 2. The van der Waals surface area contributed by atoms with E-state index in [9.17, 15) is 9.59 Å². The lowest BCUT2D eigenvalue weighted by atomic mass is 9.91. The lowest BCUT2D eigenvalue weighted by Crippen LogP contribution is -2.52. The standard InChI is InChI=1S/C21H29N3O3/c1-22(2)19-17-7-8-18(19)14-24(13-17)21(26)16-5-3-15(4-6-16)20(25)23-9-11-27-12-10-23/h3-6,17-19H,7-14H2,1-2H3/t17-,18+,19?. The average molecular weight is 371 g/mol. The first-order valence-corrected chi connectivity index (χ1v) is 9.97. The van der Waals surface area contributed by atoms with Gasteiger partial charge in [0.15, 0.2) is 0 Å². The van der Waals surface area contributed by atoms with Crippen LogP contribution < -0.4 is 0 Å². The highest BCUT2D eigenvalue weighted by Gasteiger charge is 2.44. The molecule has 1 saturated carbocycles. The smallest absolute Gasteiger partial charge is 0.254 e. The van der Waals surface area contributed by atoms with Crippen molar-refractivity contribution in [2.45, 2.75) is 18.9 Å². The van der Waals surface area contributed by atoms with Gasteiger partial charge in [-0.15, -0.1) is 0 Å². The Morgan fingerprint density at radius 3 is 1.85 bits per heavy atom. The van der Waals surface area contributed by atoms with E-state index in [0.29, 0.717) is 55.3 Å². The number of ether oxygens (including phenoxy) is 1. The van der Waals surface area contributed by atoms with Gasteiger partial charge < -0.3 is 19.4 Å². The Kier molecular flexibility index (Phi) is 5.19. The number of fused-ring (bicyclic) bond motifs is 2. The molecule has 27 heavy (non-hydrogen) atoms. The molecule has 1 aliphatic carbocycles. The zero-order valence-corrected chi connectivity index (χ0v) is 16.3. The number of amides is 2. The van der Waals surface area contributed by atoms with E-state index >= 15 is 0 Å². The number of likely N-dealkylation sites (tertiary alicyclic amines) is 1. The summed E-state index contributed by atoms with van der Waals surface area (Å²) in [5.41, 5.74) is 1.32. The third kappa shape index (κ3) is 3.60. The van der Waals surface area contributed by atoms with Gasteiger partial charge >= 0.3 is 0 Å². The fourth-order valence-electron chi connectivity index (χ4n) is 5.09. The molecular formula is C21H29N3O3. The van der Waals surface area contributed by atoms with Gasteiger partial charge in [0.1, 0.15) is 0 Å². The van der Waals surface area contributed by atoms with Gasteiger partial charge in [-0.1, -0.05) is 0 Å². The van der Waals surface area contributed by atoms with Crippen LogP contribution in [0.1, 0.15) is 33.6 Å². The van der Waals surface area contributed by atoms with Crippen LogP contribution in [0.2, 0.25) is 0 Å². The zero-order chi connectivity index (χ0) is 19.0. The molecule has 0 spiro atoms. The predicted octanol–water partition coefficient (Wildman–Crippen LogP) is 1.57. The Morgan fingerprint density at radius 1 is 0.889 bits per heavy atom. The molecule has 1 aromatic rings. The zero-order valence-electron chi connectivity index (χ0n) is 16.3. The molecule has 2 bridgehead atoms. The SMILES string of the molecule is CN(C)C1[C@@H]2CC[C@H]1CN(C(=O)c1ccc(C(=O)N3CCOCC3)cc1)C2. The van der Waals surface area contributed by atoms with Crippen LogP contribution in [-0.4, -0.2) is 86.0 Å². The lowest BCUT2D eigenvalue weighted by Gasteiger charge is -2.41. The van der Waals surface area contributed by atoms with Gasteiger partial charge in [0, 0.05) is 43.3 Å². The van der Waals surface area contributed by atoms with Crippen LogP contribution in [0.15, 0.2) is 24.3 Å². The molecule has 2 saturated heterocycles. The van der Waals surface area contributed by atoms with Gasteiger partial charge in [-0.3, -0.25) is 9.59 Å². The van der Waals surface area contributed by atoms with E-state index in [1.54, 1.807) is 24.3 Å². The molecule has 0 radical (unpaired) electrons. The lowest BCUT2D eigenvalue weighted by molar-refractivity contribution is 0.0302. The summed E-state index contributed by atoms with van der Waals surface area (Å²) >= 11 is 0. The van der Waals surface area contributed by atoms with Crippen LogP contribution in [0.3, 0.4) is 0 Å². The van der Waals surface area contributed by atoms with Crippen molar-refractivity contribution >= 4 is 11.8 Å². The molecule has 3 atom stereocenters. The predicted molar refractivity (Wildman–Crippen MR) is 103 cm³/mol. The summed E-state index contributed by atoms with van der Waals surface area (Å²) in [6.07, 6.45) is 2.43. The molecular weight excluding hydrogens is 342 g/mol. The fraction of sp³-hybridized carbons (Fsp3) is 0.619. The molecule has 146 valence electrons. The van der Waals surface area contributed by atoms with Crippen molar-refractivity contribution in [2.24, 2.45) is 11.8 Å². The molecule has 3 aliphatic rings. The van der Waals surface area contributed by atoms with Crippen molar-refractivity contribution in [3.63, 3.8) is 0 Å². The summed E-state index contributed by atoms with van der Waals surface area (Å²) in [6, 6.07) is 7.77. The molecule has 3 fully saturated rings. The second-order valence-electron chi connectivity index (χ2n) is 8.24. The number of piperidine rings is 1. The molecule has 2 heterocycles. The van der Waals surface area contributed by atoms with E-state index in [2.05, 4.69) is 19.0 Å². The molecule has 2 amide bonds. The highest BCUT2D eigenvalue weighted by atomic mass is 16.5. The summed E-state index contributed by atoms with van der Waals surface area (Å²) in [5.74, 6) is 1.26. The van der Waals surface area contributed by atoms with Gasteiger partial charge in [-0.2, -0.15) is 0 Å². The number of morpholine rings is 1. The second-order valence-corrected chi connectivity index (χ2v) is 8.24. The van der Waals surface area contributed by atoms with E-state index in [4.69, 9.17) is 4.74 Å². The first-order chi connectivity index (χ1) is 13.0. The summed E-state index contributed by atoms with van der Waals surface area (Å²) < 4.78 is 5.30. The number of nitrogens with zero attached hydrogens (tertiary/aromatic N) is 3. The molecule has 1 unspecified atom stereocenters. The topological polar surface area (TPSA) is 53.1 Å². The summed E-state index contributed by atoms with van der Waals surface area (Å²) in [4.78, 5) is 31.7. The Morgan fingerprint density at radius 2 is 1.37 bits per heavy atom. The van der Waals surface area contributed by atoms with Crippen molar-refractivity contribution in [3.8, 4) is 0 Å². The van der Waals surface area contributed by atoms with Gasteiger partial charge in [0.05, 0.1) is 13.2 Å². The second kappa shape index (κ2) is 7.60. The van der Waals surface area contributed by atoms with Crippen LogP contribution in [0.5, 0.6) is 0 Å². The monoisotopic (exact) mass is 371 g/mol. The van der Waals surface area contributed by atoms with Crippen molar-refractivity contribution in [2.75, 3.05) is 53.5 Å². The van der Waals surface area contributed by atoms with Gasteiger partial charge in [-0.25, -0.2) is 0 Å². The molecule has 6 nitrogen and oxygen atoms in total. The van der Waals surface area contributed by atoms with E-state index in [1.165, 1.54) is 12.8 Å². The molecule has 1 aromatic carbocycles. The van der Waals surface area contributed by atoms with Gasteiger partial charge in [-0.05, 0) is 63.0 Å². The van der Waals surface area contributed by atoms with Crippen molar-refractivity contribution in [1.29, 1.82) is 0 Å². The Labute approximate surface area is 161 Å². The highest BCUT2D eigenvalue weighted by Crippen LogP contribution is 2.39. The highest BCUT2D eigenvalue weighted by molar-refractivity contribution is 5.98. The van der Waals surface area contributed by atoms with E-state index in [-0.39, 0.29) is 11.8 Å². The average Bonchev–Trinajstić information content (AvgIpc) is 2.98. The van der Waals surface area contributed by atoms with Gasteiger partial charge in [0.25, 0.3) is 11.8 Å². The maximum Gasteiger partial charge on any atom is 0.254 e. The largest absolute Gasteiger partial charge is 0.378 e. The number of benzene rings is 1. The summed E-state index contributed by atoms with van der Waals surface area (Å²) in [7, 11) is 4.30. The van der Waals surface area contributed by atoms with Crippen LogP contribution in [0.4, 0.5) is 0 Å². The first kappa shape index (κ1) is 18.4. The van der Waals surface area contributed by atoms with E-state index in [1.807, 2.05) is 9.80 Å². The minimum atomic E-state index is 0.0159. The Balaban J connectivity index is 1.42. The number of rotatable bonds is 3. The van der Waals surface area contributed by atoms with E-state index in [0.717, 1.165) is 13.1 Å². The number of hydrogen-bond donors (Lipinski definition) is 0. The van der Waals surface area contributed by atoms with Crippen LogP contribution in [-0.2, 0) is 4.74 Å². The third-order valence-electron chi connectivity index (χ3n) is 6.34. The van der Waals surface area contributed by atoms with Crippen LogP contribution in [0.25, 0.3) is 0 Å². The number of hydrogen-bond acceptors (Lipinski definition) is 4. The minimum absolute atomic E-state index is 0.0159. The molecule has 6 heteroatoms. The van der Waals surface area contributed by atoms with Crippen molar-refractivity contribution in [3.05, 3.63) is 35.4 Å². The summed E-state index contributed by atoms with van der Waals surface area (Å²) in [5, 5.41) is 0. The normalized spacial score (nSPS) is 27.9. The quantitative estimate of drug-likeness (QED) is 0.809. The van der Waals surface area contributed by atoms with Crippen molar-refractivity contribution in [1.82, 2.24) is 14.7 Å². The third-order valence-corrected chi connectivity index (χ3v) is 6.34. The fourth-order valence-corrected chi connectivity index (χ4v) is 5.09. The Hall–Kier alpha value is -1.92. The van der Waals surface area contributed by atoms with Crippen LogP contribution >= 0.6 is 0 Å². The Bertz CT molecular complexity index is 683. The minimum Gasteiger partial charge on any atom is -0.378 e. The summed E-state index contributed by atoms with van der Waals surface area (Å²) in [6.45, 7) is 4.12.